The van der Waals surface area contributed by atoms with E-state index in [9.17, 15) is 33.6 Å². The molecule has 2 aromatic heterocycles. The zero-order valence-electron chi connectivity index (χ0n) is 55.6. The highest BCUT2D eigenvalue weighted by atomic mass is 127. The standard InChI is InChI=1S/2C19H17IN4O3.C16H11IN2O.C9H13N3O2.C9H12N2O2/c2*1-11-6-7-13(19(26)23-27-2)9-16(11)24-18(21)15(10-22-24)17(25)12-4-3-5-14(20)8-12;17-14-6-4-5-12(9-14)16(20)13(10-18)11-19-15-7-2-1-3-8-15;1-6-3-4-7(5-8(6)11-10)9(13)12-14-2;1-6-3-4-7(5-8(6)10)9(12)11-13-2/h2*3-10H,21H2,1-2H3,(H,23,26);1-9,11,19H;3-5,11H,10H2,1-2H3,(H,12,13);3-5H,10H2,1-2H3,(H,11,12)/b;;13-11-;;. The molecule has 0 spiro atoms. The van der Waals surface area contributed by atoms with Gasteiger partial charge in [0.25, 0.3) is 23.6 Å². The smallest absolute Gasteiger partial charge is 0.274 e. The highest BCUT2D eigenvalue weighted by Gasteiger charge is 2.22. The van der Waals surface area contributed by atoms with Crippen LogP contribution in [0, 0.1) is 49.7 Å². The molecule has 8 aromatic carbocycles. The van der Waals surface area contributed by atoms with Gasteiger partial charge >= 0.3 is 0 Å². The number of nitriles is 1. The van der Waals surface area contributed by atoms with E-state index in [2.05, 4.69) is 130 Å². The normalized spacial score (nSPS) is 10.4. The summed E-state index contributed by atoms with van der Waals surface area (Å²) in [6.45, 7) is 7.52. The minimum absolute atomic E-state index is 0.0795. The molecular formula is C72H70I3N15O11. The van der Waals surface area contributed by atoms with Gasteiger partial charge in [-0.2, -0.15) is 15.5 Å². The van der Waals surface area contributed by atoms with Gasteiger partial charge in [0.05, 0.1) is 69.0 Å². The summed E-state index contributed by atoms with van der Waals surface area (Å²) in [4.78, 5) is 103. The molecule has 0 aliphatic heterocycles. The van der Waals surface area contributed by atoms with E-state index in [1.165, 1.54) is 56.4 Å². The fourth-order valence-corrected chi connectivity index (χ4v) is 10.5. The van der Waals surface area contributed by atoms with Crippen LogP contribution in [0.2, 0.25) is 0 Å². The van der Waals surface area contributed by atoms with Crippen molar-refractivity contribution in [3.8, 4) is 17.4 Å². The second-order valence-electron chi connectivity index (χ2n) is 21.2. The van der Waals surface area contributed by atoms with Crippen LogP contribution in [0.15, 0.2) is 200 Å². The second-order valence-corrected chi connectivity index (χ2v) is 24.9. The SMILES string of the molecule is CONC(=O)c1ccc(C)c(-n2ncc(C(=O)c3cccc(I)c3)c2N)c1.CONC(=O)c1ccc(C)c(-n2ncc(C(=O)c3cccc(I)c3)c2N)c1.CONC(=O)c1ccc(C)c(N)c1.CONC(=O)c1ccc(C)c(NN)c1.N#C/C(=C/Nc1ccccc1)C(=O)c1cccc(I)c1. The Morgan fingerprint density at radius 3 is 1.22 bits per heavy atom. The van der Waals surface area contributed by atoms with Gasteiger partial charge in [0.2, 0.25) is 5.78 Å². The quantitative estimate of drug-likeness (QED) is 0.00684. The number of nitrogens with zero attached hydrogens (tertiary/aromatic N) is 5. The van der Waals surface area contributed by atoms with Crippen molar-refractivity contribution in [1.82, 2.24) is 41.5 Å². The molecule has 14 N–H and O–H groups in total. The van der Waals surface area contributed by atoms with Gasteiger partial charge in [-0.3, -0.25) is 58.8 Å². The molecule has 0 aliphatic carbocycles. The molecule has 520 valence electrons. The number of benzene rings is 8. The van der Waals surface area contributed by atoms with Gasteiger partial charge in [-0.25, -0.2) is 31.3 Å². The predicted octanol–water partition coefficient (Wildman–Crippen LogP) is 11.2. The molecule has 0 atom stereocenters. The topological polar surface area (TPSA) is 392 Å². The Kier molecular flexibility index (Phi) is 30.8. The lowest BCUT2D eigenvalue weighted by Gasteiger charge is -2.11. The van der Waals surface area contributed by atoms with E-state index >= 15 is 0 Å². The number of nitrogens with two attached hydrogens (primary N) is 4. The van der Waals surface area contributed by atoms with Crippen molar-refractivity contribution in [1.29, 1.82) is 5.26 Å². The third-order valence-electron chi connectivity index (χ3n) is 14.3. The van der Waals surface area contributed by atoms with Crippen LogP contribution in [0.1, 0.15) is 106 Å². The summed E-state index contributed by atoms with van der Waals surface area (Å²) in [7, 11) is 5.49. The van der Waals surface area contributed by atoms with Crippen LogP contribution in [-0.2, 0) is 19.4 Å². The molecule has 0 saturated carbocycles. The van der Waals surface area contributed by atoms with Gasteiger partial charge in [0, 0.05) is 67.2 Å². The Bertz CT molecular complexity index is 4540. The maximum atomic E-state index is 12.8. The number of nitrogen functional groups attached to an aromatic ring is 4. The summed E-state index contributed by atoms with van der Waals surface area (Å²) >= 11 is 6.43. The molecule has 0 aliphatic rings. The second kappa shape index (κ2) is 39.2. The van der Waals surface area contributed by atoms with E-state index in [1.54, 1.807) is 115 Å². The Morgan fingerprint density at radius 2 is 0.832 bits per heavy atom. The average Bonchev–Trinajstić information content (AvgIpc) is 1.66. The number of para-hydroxylation sites is 1. The molecule has 0 radical (unpaired) electrons. The number of nitrogens with one attached hydrogen (secondary N) is 6. The molecular weight excluding hydrogens is 1630 g/mol. The first kappa shape index (κ1) is 79.3. The van der Waals surface area contributed by atoms with Crippen molar-refractivity contribution in [3.63, 3.8) is 0 Å². The number of hydrogen-bond donors (Lipinski definition) is 10. The summed E-state index contributed by atoms with van der Waals surface area (Å²) in [6.07, 6.45) is 4.33. The number of carbonyl (C=O) groups is 7. The average molecular weight is 1700 g/mol. The number of aryl methyl sites for hydroxylation is 4. The van der Waals surface area contributed by atoms with Crippen molar-refractivity contribution in [2.75, 3.05) is 56.4 Å². The highest BCUT2D eigenvalue weighted by molar-refractivity contribution is 14.1. The van der Waals surface area contributed by atoms with Gasteiger partial charge < -0.3 is 27.9 Å². The largest absolute Gasteiger partial charge is 0.398 e. The molecule has 10 rings (SSSR count). The van der Waals surface area contributed by atoms with Crippen LogP contribution in [0.5, 0.6) is 0 Å². The number of halogens is 3. The van der Waals surface area contributed by atoms with Crippen LogP contribution >= 0.6 is 67.8 Å². The van der Waals surface area contributed by atoms with E-state index in [4.69, 9.17) is 28.3 Å². The number of hydroxylamine groups is 4. The van der Waals surface area contributed by atoms with E-state index in [0.717, 1.165) is 38.7 Å². The van der Waals surface area contributed by atoms with Crippen LogP contribution in [-0.4, -0.2) is 89.0 Å². The van der Waals surface area contributed by atoms with E-state index in [0.29, 0.717) is 72.8 Å². The fraction of sp³-hybridized carbons (Fsp3) is 0.111. The molecule has 26 nitrogen and oxygen atoms in total. The molecule has 29 heteroatoms. The number of Topliss-reactive ketones (excluding diaryl/α,β-unsaturated/α-hetero) is 1. The molecule has 4 amide bonds. The fourth-order valence-electron chi connectivity index (χ4n) is 8.91. The lowest BCUT2D eigenvalue weighted by molar-refractivity contribution is 0.0533. The number of hydrazine groups is 1. The minimum atomic E-state index is -0.389. The monoisotopic (exact) mass is 1700 g/mol. The van der Waals surface area contributed by atoms with Gasteiger partial charge in [0.15, 0.2) is 11.6 Å². The predicted molar refractivity (Wildman–Crippen MR) is 410 cm³/mol. The number of hydrogen-bond acceptors (Lipinski definition) is 20. The molecule has 0 fully saturated rings. The van der Waals surface area contributed by atoms with Crippen molar-refractivity contribution in [3.05, 3.63) is 283 Å². The summed E-state index contributed by atoms with van der Waals surface area (Å²) in [5.74, 6) is 3.64. The third kappa shape index (κ3) is 22.4. The van der Waals surface area contributed by atoms with Crippen molar-refractivity contribution < 1.29 is 52.9 Å². The molecule has 10 aromatic rings. The van der Waals surface area contributed by atoms with Crippen LogP contribution in [0.25, 0.3) is 11.4 Å². The Balaban J connectivity index is 0.000000205. The Morgan fingerprint density at radius 1 is 0.455 bits per heavy atom. The Hall–Kier alpha value is -10.7. The zero-order chi connectivity index (χ0) is 73.9. The van der Waals surface area contributed by atoms with Crippen LogP contribution in [0.4, 0.5) is 28.7 Å². The van der Waals surface area contributed by atoms with E-state index < -0.39 is 0 Å². The Labute approximate surface area is 622 Å². The first-order chi connectivity index (χ1) is 48.4. The van der Waals surface area contributed by atoms with E-state index in [1.807, 2.05) is 94.4 Å². The first-order valence-electron chi connectivity index (χ1n) is 29.9. The first-order valence-corrected chi connectivity index (χ1v) is 33.1. The maximum Gasteiger partial charge on any atom is 0.274 e. The van der Waals surface area contributed by atoms with Crippen molar-refractivity contribution in [2.24, 2.45) is 5.84 Å². The van der Waals surface area contributed by atoms with Gasteiger partial charge in [-0.05, 0) is 215 Å². The van der Waals surface area contributed by atoms with Crippen molar-refractivity contribution in [2.45, 2.75) is 27.7 Å². The lowest BCUT2D eigenvalue weighted by atomic mass is 10.1. The molecule has 0 bridgehead atoms. The zero-order valence-corrected chi connectivity index (χ0v) is 62.1. The molecule has 0 unspecified atom stereocenters. The lowest BCUT2D eigenvalue weighted by Crippen LogP contribution is -2.22. The molecule has 101 heavy (non-hydrogen) atoms. The van der Waals surface area contributed by atoms with Gasteiger partial charge in [-0.15, -0.1) is 0 Å². The number of anilines is 5. The van der Waals surface area contributed by atoms with Gasteiger partial charge in [-0.1, -0.05) is 78.9 Å². The van der Waals surface area contributed by atoms with E-state index in [-0.39, 0.29) is 58.2 Å². The number of amides is 4. The molecule has 0 saturated heterocycles. The number of rotatable bonds is 19. The molecule has 2 heterocycles. The van der Waals surface area contributed by atoms with Crippen LogP contribution in [0.3, 0.4) is 0 Å². The third-order valence-corrected chi connectivity index (χ3v) is 16.3. The number of ketones is 3. The summed E-state index contributed by atoms with van der Waals surface area (Å²) in [6, 6.07) is 53.4. The summed E-state index contributed by atoms with van der Waals surface area (Å²) < 4.78 is 5.79. The maximum absolute atomic E-state index is 12.8. The number of carbonyl (C=O) groups excluding carboxylic acids is 7. The van der Waals surface area contributed by atoms with Gasteiger partial charge in [0.1, 0.15) is 23.3 Å². The van der Waals surface area contributed by atoms with Crippen LogP contribution < -0.4 is 55.7 Å². The minimum Gasteiger partial charge on any atom is -0.398 e. The number of allylic oxidation sites excluding steroid dienone is 1. The van der Waals surface area contributed by atoms with Crippen molar-refractivity contribution >= 4 is 137 Å². The highest BCUT2D eigenvalue weighted by Crippen LogP contribution is 2.27. The summed E-state index contributed by atoms with van der Waals surface area (Å²) in [5.41, 5.74) is 40.6. The summed E-state index contributed by atoms with van der Waals surface area (Å²) in [5, 5.41) is 20.6. The number of aromatic nitrogens is 4.